The van der Waals surface area contributed by atoms with Gasteiger partial charge in [0.05, 0.1) is 0 Å². The number of carbonyl (C=O) groups excluding carboxylic acids is 2. The maximum atomic E-state index is 12.7. The van der Waals surface area contributed by atoms with Crippen LogP contribution in [0.15, 0.2) is 48.5 Å². The molecular formula is C26H30N2O3. The van der Waals surface area contributed by atoms with Gasteiger partial charge in [0.15, 0.2) is 5.78 Å². The van der Waals surface area contributed by atoms with Crippen LogP contribution in [-0.4, -0.2) is 48.4 Å². The number of hydrogen-bond donors (Lipinski definition) is 1. The van der Waals surface area contributed by atoms with Crippen LogP contribution in [0.5, 0.6) is 5.75 Å². The van der Waals surface area contributed by atoms with Crippen LogP contribution in [0.1, 0.15) is 65.5 Å². The molecule has 4 rings (SSSR count). The van der Waals surface area contributed by atoms with Gasteiger partial charge in [-0.3, -0.25) is 9.59 Å². The van der Waals surface area contributed by atoms with Crippen molar-refractivity contribution in [3.8, 4) is 5.75 Å². The van der Waals surface area contributed by atoms with E-state index in [-0.39, 0.29) is 17.3 Å². The van der Waals surface area contributed by atoms with Crippen molar-refractivity contribution >= 4 is 17.3 Å². The first-order chi connectivity index (χ1) is 15.0. The Morgan fingerprint density at radius 2 is 1.65 bits per heavy atom. The minimum Gasteiger partial charge on any atom is -0.482 e. The van der Waals surface area contributed by atoms with Gasteiger partial charge >= 0.3 is 0 Å². The molecule has 162 valence electrons. The first-order valence-corrected chi connectivity index (χ1v) is 11.1. The minimum absolute atomic E-state index is 0.0319. The molecule has 0 unspecified atom stereocenters. The van der Waals surface area contributed by atoms with E-state index >= 15 is 0 Å². The zero-order valence-electron chi connectivity index (χ0n) is 18.5. The Bertz CT molecular complexity index is 1010. The summed E-state index contributed by atoms with van der Waals surface area (Å²) in [5, 5.41) is 3.40. The first kappa shape index (κ1) is 21.3. The molecule has 1 N–H and O–H groups in total. The molecule has 0 aromatic heterocycles. The lowest BCUT2D eigenvalue weighted by Crippen LogP contribution is -2.46. The number of rotatable bonds is 5. The number of nitrogens with one attached hydrogen (secondary N) is 1. The normalized spacial score (nSPS) is 16.8. The van der Waals surface area contributed by atoms with Gasteiger partial charge in [-0.15, -0.1) is 0 Å². The van der Waals surface area contributed by atoms with Gasteiger partial charge in [-0.05, 0) is 81.4 Å². The summed E-state index contributed by atoms with van der Waals surface area (Å²) in [6, 6.07) is 13.5. The van der Waals surface area contributed by atoms with Gasteiger partial charge in [-0.2, -0.15) is 0 Å². The summed E-state index contributed by atoms with van der Waals surface area (Å²) < 4.78 is 6.48. The summed E-state index contributed by atoms with van der Waals surface area (Å²) in [5.41, 5.74) is 4.03. The Kier molecular flexibility index (Phi) is 5.96. The molecule has 1 amide bonds. The minimum atomic E-state index is -0.346. The highest BCUT2D eigenvalue weighted by atomic mass is 16.5. The van der Waals surface area contributed by atoms with Crippen LogP contribution >= 0.6 is 0 Å². The summed E-state index contributed by atoms with van der Waals surface area (Å²) in [4.78, 5) is 26.5. The predicted octanol–water partition coefficient (Wildman–Crippen LogP) is 4.32. The molecule has 0 aliphatic carbocycles. The number of hydrogen-bond acceptors (Lipinski definition) is 4. The Balaban J connectivity index is 1.76. The molecule has 1 saturated heterocycles. The van der Waals surface area contributed by atoms with Crippen molar-refractivity contribution in [2.24, 2.45) is 0 Å². The van der Waals surface area contributed by atoms with Gasteiger partial charge in [-0.1, -0.05) is 12.1 Å². The number of carbonyl (C=O) groups is 2. The van der Waals surface area contributed by atoms with Gasteiger partial charge in [0, 0.05) is 42.6 Å². The second kappa shape index (κ2) is 8.67. The summed E-state index contributed by atoms with van der Waals surface area (Å²) in [7, 11) is 0. The van der Waals surface area contributed by atoms with E-state index in [1.54, 1.807) is 6.92 Å². The first-order valence-electron chi connectivity index (χ1n) is 11.1. The monoisotopic (exact) mass is 418 g/mol. The maximum absolute atomic E-state index is 12.7. The molecule has 2 aliphatic heterocycles. The molecule has 5 heteroatoms. The van der Waals surface area contributed by atoms with Crippen molar-refractivity contribution in [1.82, 2.24) is 10.2 Å². The number of Topliss-reactive ketones (excluding diaryl/α,β-unsaturated/α-hetero) is 1. The van der Waals surface area contributed by atoms with Crippen molar-refractivity contribution in [3.63, 3.8) is 0 Å². The van der Waals surface area contributed by atoms with Crippen LogP contribution in [0.2, 0.25) is 0 Å². The van der Waals surface area contributed by atoms with Crippen LogP contribution in [0.3, 0.4) is 0 Å². The summed E-state index contributed by atoms with van der Waals surface area (Å²) in [5.74, 6) is 0.892. The Morgan fingerprint density at radius 1 is 1.00 bits per heavy atom. The van der Waals surface area contributed by atoms with E-state index < -0.39 is 0 Å². The molecule has 0 saturated carbocycles. The maximum Gasteiger partial charge on any atom is 0.253 e. The third-order valence-corrected chi connectivity index (χ3v) is 6.34. The molecule has 5 nitrogen and oxygen atoms in total. The number of ketones is 1. The Hall–Kier alpha value is -2.92. The fourth-order valence-corrected chi connectivity index (χ4v) is 4.46. The number of fused-ring (bicyclic) bond motifs is 1. The lowest BCUT2D eigenvalue weighted by atomic mass is 9.82. The average Bonchev–Trinajstić information content (AvgIpc) is 2.79. The molecule has 2 aliphatic rings. The molecule has 0 radical (unpaired) electrons. The highest BCUT2D eigenvalue weighted by Crippen LogP contribution is 2.43. The molecule has 31 heavy (non-hydrogen) atoms. The zero-order valence-corrected chi connectivity index (χ0v) is 18.5. The lowest BCUT2D eigenvalue weighted by molar-refractivity contribution is 0.0772. The third-order valence-electron chi connectivity index (χ3n) is 6.34. The van der Waals surface area contributed by atoms with Crippen molar-refractivity contribution < 1.29 is 14.3 Å². The standard InChI is InChI=1S/C26H30N2O3/c1-4-28(5-2)25(30)20-8-6-19(7-9-20)23-17-26(12-14-27-15-13-26)31-24-11-10-21(18(3)29)16-22(23)24/h6-11,16-17,27H,4-5,12-15H2,1-3H3. The number of ether oxygens (including phenoxy) is 1. The summed E-state index contributed by atoms with van der Waals surface area (Å²) in [6.45, 7) is 8.75. The van der Waals surface area contributed by atoms with Crippen LogP contribution < -0.4 is 10.1 Å². The van der Waals surface area contributed by atoms with E-state index in [0.717, 1.165) is 48.4 Å². The molecule has 1 spiro atoms. The van der Waals surface area contributed by atoms with E-state index in [0.29, 0.717) is 24.2 Å². The fraction of sp³-hybridized carbons (Fsp3) is 0.385. The third kappa shape index (κ3) is 4.15. The predicted molar refractivity (Wildman–Crippen MR) is 123 cm³/mol. The van der Waals surface area contributed by atoms with E-state index in [2.05, 4.69) is 11.4 Å². The smallest absolute Gasteiger partial charge is 0.253 e. The Labute approximate surface area is 184 Å². The topological polar surface area (TPSA) is 58.6 Å². The Morgan fingerprint density at radius 3 is 2.26 bits per heavy atom. The fourth-order valence-electron chi connectivity index (χ4n) is 4.46. The SMILES string of the molecule is CCN(CC)C(=O)c1ccc(C2=CC3(CCNCC3)Oc3ccc(C(C)=O)cc32)cc1. The quantitative estimate of drug-likeness (QED) is 0.735. The highest BCUT2D eigenvalue weighted by molar-refractivity contribution is 5.97. The van der Waals surface area contributed by atoms with Crippen LogP contribution in [0.25, 0.3) is 5.57 Å². The van der Waals surface area contributed by atoms with Gasteiger partial charge in [0.25, 0.3) is 5.91 Å². The van der Waals surface area contributed by atoms with Gasteiger partial charge in [0.1, 0.15) is 11.4 Å². The van der Waals surface area contributed by atoms with Crippen LogP contribution in [0, 0.1) is 0 Å². The number of piperidine rings is 1. The summed E-state index contributed by atoms with van der Waals surface area (Å²) >= 11 is 0. The number of nitrogens with zero attached hydrogens (tertiary/aromatic N) is 1. The van der Waals surface area contributed by atoms with Crippen molar-refractivity contribution in [2.75, 3.05) is 26.2 Å². The lowest BCUT2D eigenvalue weighted by Gasteiger charge is -2.40. The van der Waals surface area contributed by atoms with Crippen molar-refractivity contribution in [2.45, 2.75) is 39.2 Å². The largest absolute Gasteiger partial charge is 0.482 e. The van der Waals surface area contributed by atoms with Crippen LogP contribution in [-0.2, 0) is 0 Å². The van der Waals surface area contributed by atoms with E-state index in [1.807, 2.05) is 61.2 Å². The number of benzene rings is 2. The highest BCUT2D eigenvalue weighted by Gasteiger charge is 2.37. The molecule has 0 atom stereocenters. The number of amides is 1. The second-order valence-corrected chi connectivity index (χ2v) is 8.30. The van der Waals surface area contributed by atoms with Gasteiger partial charge < -0.3 is 15.0 Å². The second-order valence-electron chi connectivity index (χ2n) is 8.30. The summed E-state index contributed by atoms with van der Waals surface area (Å²) in [6.07, 6.45) is 4.01. The molecule has 2 aromatic carbocycles. The van der Waals surface area contributed by atoms with Crippen molar-refractivity contribution in [3.05, 3.63) is 70.8 Å². The zero-order chi connectivity index (χ0) is 22.0. The molecule has 0 bridgehead atoms. The molecular weight excluding hydrogens is 388 g/mol. The van der Waals surface area contributed by atoms with E-state index in [1.165, 1.54) is 0 Å². The van der Waals surface area contributed by atoms with Crippen molar-refractivity contribution in [1.29, 1.82) is 0 Å². The van der Waals surface area contributed by atoms with E-state index in [9.17, 15) is 9.59 Å². The van der Waals surface area contributed by atoms with E-state index in [4.69, 9.17) is 4.74 Å². The molecule has 2 heterocycles. The van der Waals surface area contributed by atoms with Crippen LogP contribution in [0.4, 0.5) is 0 Å². The molecule has 1 fully saturated rings. The average molecular weight is 419 g/mol. The molecule has 2 aromatic rings. The van der Waals surface area contributed by atoms with Gasteiger partial charge in [0.2, 0.25) is 0 Å². The van der Waals surface area contributed by atoms with Gasteiger partial charge in [-0.25, -0.2) is 0 Å².